The van der Waals surface area contributed by atoms with Crippen LogP contribution in [0.25, 0.3) is 0 Å². The number of aliphatic hydroxyl groups is 3. The molecule has 5 nitrogen and oxygen atoms in total. The maximum absolute atomic E-state index is 9.95. The predicted octanol–water partition coefficient (Wildman–Crippen LogP) is 4.52. The average molecular weight is 415 g/mol. The van der Waals surface area contributed by atoms with E-state index in [0.717, 1.165) is 12.8 Å². The highest BCUT2D eigenvalue weighted by molar-refractivity contribution is 4.87. The van der Waals surface area contributed by atoms with E-state index in [-0.39, 0.29) is 13.2 Å². The van der Waals surface area contributed by atoms with Gasteiger partial charge < -0.3 is 24.8 Å². The van der Waals surface area contributed by atoms with Gasteiger partial charge in [-0.05, 0) is 25.7 Å². The second-order valence-electron chi connectivity index (χ2n) is 8.44. The molecule has 0 aromatic carbocycles. The number of allylic oxidation sites excluding steroid dienone is 2. The number of aliphatic hydroxyl groups excluding tert-OH is 3. The van der Waals surface area contributed by atoms with Crippen molar-refractivity contribution < 1.29 is 24.8 Å². The molecule has 0 radical (unpaired) electrons. The summed E-state index contributed by atoms with van der Waals surface area (Å²) in [7, 11) is 0. The average Bonchev–Trinajstić information content (AvgIpc) is 3.05. The van der Waals surface area contributed by atoms with E-state index >= 15 is 0 Å². The second kappa shape index (κ2) is 18.3. The first-order chi connectivity index (χ1) is 14.2. The molecule has 0 aromatic rings. The molecule has 0 aliphatic carbocycles. The predicted molar refractivity (Wildman–Crippen MR) is 118 cm³/mol. The molecule has 0 unspecified atom stereocenters. The van der Waals surface area contributed by atoms with Gasteiger partial charge in [-0.2, -0.15) is 0 Å². The quantitative estimate of drug-likeness (QED) is 0.214. The molecular formula is C24H46O5. The number of ether oxygens (including phenoxy) is 2. The van der Waals surface area contributed by atoms with Crippen molar-refractivity contribution in [2.45, 2.75) is 121 Å². The van der Waals surface area contributed by atoms with Crippen LogP contribution in [0.5, 0.6) is 0 Å². The Balaban J connectivity index is 1.76. The zero-order valence-electron chi connectivity index (χ0n) is 18.6. The van der Waals surface area contributed by atoms with E-state index in [4.69, 9.17) is 9.47 Å². The van der Waals surface area contributed by atoms with E-state index in [9.17, 15) is 15.3 Å². The minimum absolute atomic E-state index is 0.0691. The molecule has 0 bridgehead atoms. The fourth-order valence-electron chi connectivity index (χ4n) is 3.72. The fraction of sp³-hybridized carbons (Fsp3) is 0.917. The second-order valence-corrected chi connectivity index (χ2v) is 8.44. The van der Waals surface area contributed by atoms with E-state index in [0.29, 0.717) is 6.61 Å². The van der Waals surface area contributed by atoms with Crippen LogP contribution in [0.2, 0.25) is 0 Å². The minimum Gasteiger partial charge on any atom is -0.388 e. The Kier molecular flexibility index (Phi) is 16.8. The standard InChI is InChI=1S/C24H46O5/c1-2-3-4-5-6-7-8-9-10-11-12-13-14-15-16-17-18-28-19-22(26)24-23(27)21(25)20-29-24/h4-5,21-27H,2-3,6-20H2,1H3/b5-4+/t21-,22+,23-,24-/m0/s1. The summed E-state index contributed by atoms with van der Waals surface area (Å²) in [5, 5.41) is 29.0. The van der Waals surface area contributed by atoms with E-state index in [1.807, 2.05) is 0 Å². The van der Waals surface area contributed by atoms with Crippen LogP contribution in [0.1, 0.15) is 96.8 Å². The molecule has 0 spiro atoms. The minimum atomic E-state index is -1.03. The van der Waals surface area contributed by atoms with Crippen molar-refractivity contribution in [1.29, 1.82) is 0 Å². The Morgan fingerprint density at radius 1 is 0.862 bits per heavy atom. The van der Waals surface area contributed by atoms with Crippen LogP contribution in [-0.2, 0) is 9.47 Å². The monoisotopic (exact) mass is 414 g/mol. The van der Waals surface area contributed by atoms with Gasteiger partial charge in [-0.1, -0.05) is 83.3 Å². The largest absolute Gasteiger partial charge is 0.388 e. The summed E-state index contributed by atoms with van der Waals surface area (Å²) in [5.41, 5.74) is 0. The first-order valence-corrected chi connectivity index (χ1v) is 12.0. The highest BCUT2D eigenvalue weighted by Gasteiger charge is 2.39. The molecule has 3 N–H and O–H groups in total. The maximum Gasteiger partial charge on any atom is 0.114 e. The molecule has 172 valence electrons. The summed E-state index contributed by atoms with van der Waals surface area (Å²) in [6.07, 6.45) is 19.1. The first-order valence-electron chi connectivity index (χ1n) is 12.0. The summed E-state index contributed by atoms with van der Waals surface area (Å²) >= 11 is 0. The Hall–Kier alpha value is -0.460. The number of unbranched alkanes of at least 4 members (excludes halogenated alkanes) is 12. The first kappa shape index (κ1) is 26.6. The van der Waals surface area contributed by atoms with E-state index < -0.39 is 24.4 Å². The molecule has 0 saturated carbocycles. The topological polar surface area (TPSA) is 79.2 Å². The Morgan fingerprint density at radius 2 is 1.41 bits per heavy atom. The maximum atomic E-state index is 9.95. The van der Waals surface area contributed by atoms with Crippen LogP contribution in [0.3, 0.4) is 0 Å². The molecule has 5 heteroatoms. The molecule has 0 aromatic heterocycles. The summed E-state index contributed by atoms with van der Waals surface area (Å²) in [5.74, 6) is 0. The lowest BCUT2D eigenvalue weighted by atomic mass is 10.1. The molecule has 1 aliphatic heterocycles. The third-order valence-electron chi connectivity index (χ3n) is 5.64. The molecule has 1 heterocycles. The molecule has 4 atom stereocenters. The van der Waals surface area contributed by atoms with Crippen molar-refractivity contribution in [3.05, 3.63) is 12.2 Å². The summed E-state index contributed by atoms with van der Waals surface area (Å²) < 4.78 is 10.7. The lowest BCUT2D eigenvalue weighted by Crippen LogP contribution is -2.40. The molecule has 0 amide bonds. The van der Waals surface area contributed by atoms with Gasteiger partial charge in [0.2, 0.25) is 0 Å². The van der Waals surface area contributed by atoms with Crippen molar-refractivity contribution in [3.63, 3.8) is 0 Å². The van der Waals surface area contributed by atoms with Crippen LogP contribution in [0, 0.1) is 0 Å². The lowest BCUT2D eigenvalue weighted by molar-refractivity contribution is -0.0813. The normalized spacial score (nSPS) is 23.2. The molecular weight excluding hydrogens is 368 g/mol. The molecule has 1 rings (SSSR count). The zero-order valence-corrected chi connectivity index (χ0v) is 18.6. The van der Waals surface area contributed by atoms with E-state index in [1.54, 1.807) is 0 Å². The van der Waals surface area contributed by atoms with Crippen molar-refractivity contribution in [3.8, 4) is 0 Å². The van der Waals surface area contributed by atoms with Crippen molar-refractivity contribution in [2.24, 2.45) is 0 Å². The molecule has 1 aliphatic rings. The zero-order chi connectivity index (χ0) is 21.2. The highest BCUT2D eigenvalue weighted by atomic mass is 16.5. The molecule has 1 saturated heterocycles. The fourth-order valence-corrected chi connectivity index (χ4v) is 3.72. The SMILES string of the molecule is CCC/C=C/CCCCCCCCCCCCCOC[C@@H](O)[C@@H]1OC[C@H](O)[C@@H]1O. The van der Waals surface area contributed by atoms with Crippen LogP contribution in [-0.4, -0.2) is 59.6 Å². The van der Waals surface area contributed by atoms with Gasteiger partial charge in [-0.3, -0.25) is 0 Å². The van der Waals surface area contributed by atoms with Crippen LogP contribution >= 0.6 is 0 Å². The van der Waals surface area contributed by atoms with Crippen molar-refractivity contribution in [2.75, 3.05) is 19.8 Å². The van der Waals surface area contributed by atoms with Gasteiger partial charge in [-0.25, -0.2) is 0 Å². The van der Waals surface area contributed by atoms with Gasteiger partial charge in [-0.15, -0.1) is 0 Å². The van der Waals surface area contributed by atoms with Crippen LogP contribution in [0.15, 0.2) is 12.2 Å². The van der Waals surface area contributed by atoms with Gasteiger partial charge in [0, 0.05) is 6.61 Å². The molecule has 1 fully saturated rings. The van der Waals surface area contributed by atoms with Crippen LogP contribution in [0.4, 0.5) is 0 Å². The summed E-state index contributed by atoms with van der Waals surface area (Å²) in [6.45, 7) is 3.06. The number of rotatable bonds is 19. The van der Waals surface area contributed by atoms with Crippen molar-refractivity contribution >= 4 is 0 Å². The van der Waals surface area contributed by atoms with Gasteiger partial charge >= 0.3 is 0 Å². The van der Waals surface area contributed by atoms with Crippen LogP contribution < -0.4 is 0 Å². The van der Waals surface area contributed by atoms with Crippen molar-refractivity contribution in [1.82, 2.24) is 0 Å². The summed E-state index contributed by atoms with van der Waals surface area (Å²) in [4.78, 5) is 0. The lowest BCUT2D eigenvalue weighted by Gasteiger charge is -2.20. The molecule has 29 heavy (non-hydrogen) atoms. The highest BCUT2D eigenvalue weighted by Crippen LogP contribution is 2.18. The van der Waals surface area contributed by atoms with Gasteiger partial charge in [0.1, 0.15) is 24.4 Å². The summed E-state index contributed by atoms with van der Waals surface area (Å²) in [6, 6.07) is 0. The van der Waals surface area contributed by atoms with E-state index in [1.165, 1.54) is 77.0 Å². The smallest absolute Gasteiger partial charge is 0.114 e. The van der Waals surface area contributed by atoms with Gasteiger partial charge in [0.05, 0.1) is 13.2 Å². The van der Waals surface area contributed by atoms with E-state index in [2.05, 4.69) is 19.1 Å². The Bertz CT molecular complexity index is 387. The number of hydrogen-bond donors (Lipinski definition) is 3. The Morgan fingerprint density at radius 3 is 1.97 bits per heavy atom. The third kappa shape index (κ3) is 13.5. The van der Waals surface area contributed by atoms with Gasteiger partial charge in [0.25, 0.3) is 0 Å². The van der Waals surface area contributed by atoms with Gasteiger partial charge in [0.15, 0.2) is 0 Å². The third-order valence-corrected chi connectivity index (χ3v) is 5.64. The number of hydrogen-bond acceptors (Lipinski definition) is 5. The Labute approximate surface area is 178 Å².